The van der Waals surface area contributed by atoms with Gasteiger partial charge in [0.2, 0.25) is 0 Å². The molecule has 2 aromatic carbocycles. The number of ether oxygens (including phenoxy) is 2. The second kappa shape index (κ2) is 7.23. The topological polar surface area (TPSA) is 51.9 Å². The third-order valence-electron chi connectivity index (χ3n) is 4.70. The molecule has 0 spiro atoms. The summed E-state index contributed by atoms with van der Waals surface area (Å²) in [6, 6.07) is 14.1. The van der Waals surface area contributed by atoms with Gasteiger partial charge in [-0.05, 0) is 24.3 Å². The van der Waals surface area contributed by atoms with Crippen LogP contribution in [0, 0.1) is 0 Å². The van der Waals surface area contributed by atoms with E-state index < -0.39 is 0 Å². The molecule has 28 heavy (non-hydrogen) atoms. The van der Waals surface area contributed by atoms with Crippen LogP contribution in [-0.2, 0) is 0 Å². The van der Waals surface area contributed by atoms with Gasteiger partial charge >= 0.3 is 0 Å². The van der Waals surface area contributed by atoms with E-state index in [9.17, 15) is 0 Å². The van der Waals surface area contributed by atoms with Gasteiger partial charge in [-0.15, -0.1) is 0 Å². The second-order valence-electron chi connectivity index (χ2n) is 6.69. The first-order valence-corrected chi connectivity index (χ1v) is 8.93. The van der Waals surface area contributed by atoms with Crippen molar-refractivity contribution < 1.29 is 9.47 Å². The van der Waals surface area contributed by atoms with Crippen LogP contribution in [0.1, 0.15) is 0 Å². The lowest BCUT2D eigenvalue weighted by atomic mass is 10.1. The number of benzene rings is 2. The average molecular weight is 374 g/mol. The number of hydrogen-bond donors (Lipinski definition) is 0. The zero-order valence-corrected chi connectivity index (χ0v) is 16.4. The Labute approximate surface area is 164 Å². The highest BCUT2D eigenvalue weighted by Crippen LogP contribution is 2.30. The summed E-state index contributed by atoms with van der Waals surface area (Å²) in [7, 11) is 7.35. The second-order valence-corrected chi connectivity index (χ2v) is 6.69. The molecule has 142 valence electrons. The Hall–Kier alpha value is -3.54. The van der Waals surface area contributed by atoms with Crippen molar-refractivity contribution in [1.29, 1.82) is 0 Å². The van der Waals surface area contributed by atoms with E-state index in [1.807, 2.05) is 44.7 Å². The van der Waals surface area contributed by atoms with Gasteiger partial charge in [0, 0.05) is 43.2 Å². The SMILES string of the molecule is COc1cc(OC)cc(-c2cn3c(-c4cccc(N(C)C)c4)cnc3cn2)c1. The minimum absolute atomic E-state index is 0.723. The summed E-state index contributed by atoms with van der Waals surface area (Å²) in [4.78, 5) is 11.2. The molecule has 4 rings (SSSR count). The van der Waals surface area contributed by atoms with E-state index >= 15 is 0 Å². The number of anilines is 1. The summed E-state index contributed by atoms with van der Waals surface area (Å²) in [6.45, 7) is 0. The highest BCUT2D eigenvalue weighted by molar-refractivity contribution is 5.70. The zero-order valence-electron chi connectivity index (χ0n) is 16.4. The largest absolute Gasteiger partial charge is 0.497 e. The molecule has 0 atom stereocenters. The first-order chi connectivity index (χ1) is 13.6. The maximum Gasteiger partial charge on any atom is 0.155 e. The van der Waals surface area contributed by atoms with Crippen LogP contribution < -0.4 is 14.4 Å². The van der Waals surface area contributed by atoms with E-state index in [-0.39, 0.29) is 0 Å². The van der Waals surface area contributed by atoms with Gasteiger partial charge in [0.25, 0.3) is 0 Å². The molecule has 0 saturated carbocycles. The quantitative estimate of drug-likeness (QED) is 0.525. The number of fused-ring (bicyclic) bond motifs is 1. The number of aromatic nitrogens is 3. The van der Waals surface area contributed by atoms with Gasteiger partial charge in [-0.2, -0.15) is 0 Å². The predicted molar refractivity (Wildman–Crippen MR) is 111 cm³/mol. The molecule has 6 heteroatoms. The molecule has 2 heterocycles. The molecule has 0 unspecified atom stereocenters. The standard InChI is InChI=1S/C22H22N4O2/c1-25(2)17-7-5-6-15(8-17)21-12-24-22-13-23-20(14-26(21)22)16-9-18(27-3)11-19(10-16)28-4/h5-14H,1-4H3. The molecule has 0 N–H and O–H groups in total. The molecule has 4 aromatic rings. The highest BCUT2D eigenvalue weighted by Gasteiger charge is 2.11. The Bertz CT molecular complexity index is 1110. The fourth-order valence-corrected chi connectivity index (χ4v) is 3.15. The molecule has 0 aliphatic rings. The molecule has 0 fully saturated rings. The van der Waals surface area contributed by atoms with Crippen molar-refractivity contribution in [2.45, 2.75) is 0 Å². The van der Waals surface area contributed by atoms with Gasteiger partial charge in [0.15, 0.2) is 5.65 Å². The first kappa shape index (κ1) is 17.9. The van der Waals surface area contributed by atoms with E-state index in [4.69, 9.17) is 9.47 Å². The Morgan fingerprint density at radius 2 is 1.61 bits per heavy atom. The third-order valence-corrected chi connectivity index (χ3v) is 4.70. The van der Waals surface area contributed by atoms with Crippen molar-refractivity contribution in [1.82, 2.24) is 14.4 Å². The van der Waals surface area contributed by atoms with Crippen molar-refractivity contribution in [3.05, 3.63) is 61.1 Å². The van der Waals surface area contributed by atoms with Crippen molar-refractivity contribution in [3.63, 3.8) is 0 Å². The lowest BCUT2D eigenvalue weighted by Gasteiger charge is -2.13. The zero-order chi connectivity index (χ0) is 19.7. The molecule has 0 aliphatic carbocycles. The predicted octanol–water partition coefficient (Wildman–Crippen LogP) is 4.15. The molecule has 2 aromatic heterocycles. The molecule has 0 aliphatic heterocycles. The number of methoxy groups -OCH3 is 2. The number of imidazole rings is 1. The smallest absolute Gasteiger partial charge is 0.155 e. The summed E-state index contributed by atoms with van der Waals surface area (Å²) < 4.78 is 12.8. The normalized spacial score (nSPS) is 10.9. The van der Waals surface area contributed by atoms with Gasteiger partial charge in [0.1, 0.15) is 11.5 Å². The molecule has 0 saturated heterocycles. The Morgan fingerprint density at radius 1 is 0.857 bits per heavy atom. The summed E-state index contributed by atoms with van der Waals surface area (Å²) in [5.74, 6) is 1.45. The van der Waals surface area contributed by atoms with Gasteiger partial charge in [-0.3, -0.25) is 9.38 Å². The molecular weight excluding hydrogens is 352 g/mol. The lowest BCUT2D eigenvalue weighted by Crippen LogP contribution is -2.08. The minimum Gasteiger partial charge on any atom is -0.497 e. The van der Waals surface area contributed by atoms with E-state index in [1.165, 1.54) is 0 Å². The monoisotopic (exact) mass is 374 g/mol. The van der Waals surface area contributed by atoms with Crippen LogP contribution in [0.15, 0.2) is 61.1 Å². The molecular formula is C22H22N4O2. The molecule has 0 amide bonds. The van der Waals surface area contributed by atoms with E-state index in [0.717, 1.165) is 45.3 Å². The van der Waals surface area contributed by atoms with Crippen molar-refractivity contribution >= 4 is 11.3 Å². The Balaban J connectivity index is 1.84. The van der Waals surface area contributed by atoms with Crippen LogP contribution in [-0.4, -0.2) is 42.7 Å². The fourth-order valence-electron chi connectivity index (χ4n) is 3.15. The fraction of sp³-hybridized carbons (Fsp3) is 0.182. The van der Waals surface area contributed by atoms with Crippen LogP contribution in [0.2, 0.25) is 0 Å². The van der Waals surface area contributed by atoms with Crippen molar-refractivity contribution in [3.8, 4) is 34.0 Å². The molecule has 0 bridgehead atoms. The van der Waals surface area contributed by atoms with E-state index in [1.54, 1.807) is 20.4 Å². The summed E-state index contributed by atoms with van der Waals surface area (Å²) >= 11 is 0. The maximum absolute atomic E-state index is 5.39. The van der Waals surface area contributed by atoms with Crippen LogP contribution in [0.25, 0.3) is 28.2 Å². The average Bonchev–Trinajstić information content (AvgIpc) is 3.16. The van der Waals surface area contributed by atoms with Crippen molar-refractivity contribution in [2.75, 3.05) is 33.2 Å². The summed E-state index contributed by atoms with van der Waals surface area (Å²) in [5.41, 5.74) is 5.77. The number of rotatable bonds is 5. The molecule has 6 nitrogen and oxygen atoms in total. The lowest BCUT2D eigenvalue weighted by molar-refractivity contribution is 0.394. The van der Waals surface area contributed by atoms with Crippen molar-refractivity contribution in [2.24, 2.45) is 0 Å². The van der Waals surface area contributed by atoms with E-state index in [2.05, 4.69) is 43.5 Å². The summed E-state index contributed by atoms with van der Waals surface area (Å²) in [5, 5.41) is 0. The molecule has 0 radical (unpaired) electrons. The minimum atomic E-state index is 0.723. The van der Waals surface area contributed by atoms with Crippen LogP contribution >= 0.6 is 0 Å². The van der Waals surface area contributed by atoms with Crippen LogP contribution in [0.5, 0.6) is 11.5 Å². The first-order valence-electron chi connectivity index (χ1n) is 8.93. The van der Waals surface area contributed by atoms with Gasteiger partial charge in [-0.1, -0.05) is 12.1 Å². The van der Waals surface area contributed by atoms with Gasteiger partial charge in [0.05, 0.1) is 38.0 Å². The maximum atomic E-state index is 5.39. The summed E-state index contributed by atoms with van der Waals surface area (Å²) in [6.07, 6.45) is 5.65. The van der Waals surface area contributed by atoms with Gasteiger partial charge < -0.3 is 14.4 Å². The Morgan fingerprint density at radius 3 is 2.29 bits per heavy atom. The Kier molecular flexibility index (Phi) is 4.61. The highest BCUT2D eigenvalue weighted by atomic mass is 16.5. The van der Waals surface area contributed by atoms with E-state index in [0.29, 0.717) is 0 Å². The van der Waals surface area contributed by atoms with Crippen LogP contribution in [0.3, 0.4) is 0 Å². The van der Waals surface area contributed by atoms with Crippen LogP contribution in [0.4, 0.5) is 5.69 Å². The number of hydrogen-bond acceptors (Lipinski definition) is 5. The third kappa shape index (κ3) is 3.24. The number of nitrogens with zero attached hydrogens (tertiary/aromatic N) is 4. The van der Waals surface area contributed by atoms with Gasteiger partial charge in [-0.25, -0.2) is 4.98 Å².